The summed E-state index contributed by atoms with van der Waals surface area (Å²) in [7, 11) is 0. The number of oxazole rings is 1. The smallest absolute Gasteiger partial charge is 0.422 e. The molecule has 0 aromatic carbocycles. The zero-order valence-corrected chi connectivity index (χ0v) is 13.2. The van der Waals surface area contributed by atoms with Crippen molar-refractivity contribution in [3.05, 3.63) is 40.8 Å². The minimum atomic E-state index is -4.64. The molecule has 8 nitrogen and oxygen atoms in total. The summed E-state index contributed by atoms with van der Waals surface area (Å²) in [5.41, 5.74) is 0.0989. The highest BCUT2D eigenvalue weighted by Crippen LogP contribution is 2.25. The second-order valence-electron chi connectivity index (χ2n) is 5.28. The number of halogens is 4. The number of ether oxygens (including phenoxy) is 1. The van der Waals surface area contributed by atoms with Crippen molar-refractivity contribution in [3.8, 4) is 17.1 Å². The molecule has 1 N–H and O–H groups in total. The predicted molar refractivity (Wildman–Crippen MR) is 80.6 cm³/mol. The molecule has 27 heavy (non-hydrogen) atoms. The van der Waals surface area contributed by atoms with Gasteiger partial charge >= 0.3 is 17.9 Å². The van der Waals surface area contributed by atoms with Gasteiger partial charge in [-0.1, -0.05) is 0 Å². The Bertz CT molecular complexity index is 1070. The van der Waals surface area contributed by atoms with E-state index in [9.17, 15) is 27.2 Å². The van der Waals surface area contributed by atoms with Crippen LogP contribution in [-0.2, 0) is 11.3 Å². The number of fused-ring (bicyclic) bond motifs is 1. The summed E-state index contributed by atoms with van der Waals surface area (Å²) in [6.07, 6.45) is -3.61. The highest BCUT2D eigenvalue weighted by atomic mass is 19.4. The van der Waals surface area contributed by atoms with E-state index in [2.05, 4.69) is 14.7 Å². The summed E-state index contributed by atoms with van der Waals surface area (Å²) in [5.74, 6) is -4.21. The van der Waals surface area contributed by atoms with E-state index in [1.165, 1.54) is 12.1 Å². The number of alkyl halides is 3. The molecule has 0 saturated carbocycles. The maximum Gasteiger partial charge on any atom is 0.422 e. The molecule has 142 valence electrons. The number of hydrogen-bond acceptors (Lipinski definition) is 6. The van der Waals surface area contributed by atoms with Gasteiger partial charge in [0.2, 0.25) is 0 Å². The third-order valence-corrected chi connectivity index (χ3v) is 3.28. The second-order valence-corrected chi connectivity index (χ2v) is 5.28. The Labute approximate surface area is 146 Å². The molecule has 0 aliphatic rings. The van der Waals surface area contributed by atoms with Crippen LogP contribution in [0.5, 0.6) is 5.88 Å². The third kappa shape index (κ3) is 4.04. The van der Waals surface area contributed by atoms with Gasteiger partial charge in [-0.3, -0.25) is 4.79 Å². The van der Waals surface area contributed by atoms with Crippen molar-refractivity contribution < 1.29 is 36.6 Å². The van der Waals surface area contributed by atoms with Crippen LogP contribution in [0.1, 0.15) is 0 Å². The Morgan fingerprint density at radius 1 is 1.33 bits per heavy atom. The topological polar surface area (TPSA) is 107 Å². The Hall–Kier alpha value is -3.44. The summed E-state index contributed by atoms with van der Waals surface area (Å²) >= 11 is 0. The standard InChI is InChI=1S/C15H9F4N3O5/c16-8-3-7(4-20-13(8)26-6-15(17,18)19)9-1-2-10-12(21-9)22(5-11(23)24)14(25)27-10/h1-4H,5-6H2,(H,23,24). The molecule has 0 bridgehead atoms. The van der Waals surface area contributed by atoms with Crippen molar-refractivity contribution in [3.63, 3.8) is 0 Å². The molecule has 3 aromatic heterocycles. The Morgan fingerprint density at radius 2 is 2.07 bits per heavy atom. The SMILES string of the molecule is O=C(O)Cn1c(=O)oc2ccc(-c3cnc(OCC(F)(F)F)c(F)c3)nc21. The van der Waals surface area contributed by atoms with Crippen LogP contribution in [0.15, 0.2) is 33.6 Å². The molecule has 0 saturated heterocycles. The lowest BCUT2D eigenvalue weighted by Gasteiger charge is -2.09. The predicted octanol–water partition coefficient (Wildman–Crippen LogP) is 2.22. The molecule has 0 unspecified atom stereocenters. The number of aliphatic carboxylic acids is 1. The molecule has 3 aromatic rings. The van der Waals surface area contributed by atoms with E-state index in [1.54, 1.807) is 0 Å². The quantitative estimate of drug-likeness (QED) is 0.669. The van der Waals surface area contributed by atoms with E-state index in [0.717, 1.165) is 16.8 Å². The number of pyridine rings is 2. The molecular formula is C15H9F4N3O5. The van der Waals surface area contributed by atoms with Crippen LogP contribution in [0.2, 0.25) is 0 Å². The lowest BCUT2D eigenvalue weighted by Crippen LogP contribution is -2.20. The normalized spacial score (nSPS) is 11.7. The Balaban J connectivity index is 1.96. The highest BCUT2D eigenvalue weighted by molar-refractivity contribution is 5.75. The minimum absolute atomic E-state index is 0.0172. The lowest BCUT2D eigenvalue weighted by atomic mass is 10.2. The summed E-state index contributed by atoms with van der Waals surface area (Å²) in [6.45, 7) is -2.39. The third-order valence-electron chi connectivity index (χ3n) is 3.28. The van der Waals surface area contributed by atoms with E-state index in [0.29, 0.717) is 0 Å². The van der Waals surface area contributed by atoms with Gasteiger partial charge in [-0.2, -0.15) is 13.2 Å². The molecule has 12 heteroatoms. The van der Waals surface area contributed by atoms with Gasteiger partial charge in [-0.15, -0.1) is 0 Å². The van der Waals surface area contributed by atoms with Crippen LogP contribution < -0.4 is 10.5 Å². The first-order valence-corrected chi connectivity index (χ1v) is 7.22. The molecule has 0 aliphatic heterocycles. The van der Waals surface area contributed by atoms with E-state index in [-0.39, 0.29) is 22.5 Å². The average molecular weight is 387 g/mol. The van der Waals surface area contributed by atoms with Gasteiger partial charge < -0.3 is 14.3 Å². The Kier molecular flexibility index (Phi) is 4.56. The van der Waals surface area contributed by atoms with E-state index in [4.69, 9.17) is 9.52 Å². The first-order valence-electron chi connectivity index (χ1n) is 7.22. The van der Waals surface area contributed by atoms with Crippen LogP contribution in [0.25, 0.3) is 22.5 Å². The van der Waals surface area contributed by atoms with Gasteiger partial charge in [0.25, 0.3) is 5.88 Å². The fourth-order valence-corrected chi connectivity index (χ4v) is 2.20. The van der Waals surface area contributed by atoms with Gasteiger partial charge in [-0.25, -0.2) is 23.7 Å². The second kappa shape index (κ2) is 6.70. The summed E-state index contributed by atoms with van der Waals surface area (Å²) in [6, 6.07) is 3.53. The highest BCUT2D eigenvalue weighted by Gasteiger charge is 2.29. The number of nitrogens with zero attached hydrogens (tertiary/aromatic N) is 3. The lowest BCUT2D eigenvalue weighted by molar-refractivity contribution is -0.154. The molecule has 0 aliphatic carbocycles. The van der Waals surface area contributed by atoms with E-state index >= 15 is 0 Å². The molecule has 0 spiro atoms. The van der Waals surface area contributed by atoms with Crippen LogP contribution in [0.3, 0.4) is 0 Å². The number of rotatable bonds is 5. The fourth-order valence-electron chi connectivity index (χ4n) is 2.20. The number of aromatic nitrogens is 3. The monoisotopic (exact) mass is 387 g/mol. The largest absolute Gasteiger partial charge is 0.480 e. The number of carboxylic acids is 1. The van der Waals surface area contributed by atoms with Crippen molar-refractivity contribution in [1.29, 1.82) is 0 Å². The van der Waals surface area contributed by atoms with Crippen LogP contribution in [0, 0.1) is 5.82 Å². The maximum atomic E-state index is 13.9. The number of hydrogen-bond donors (Lipinski definition) is 1. The molecule has 0 radical (unpaired) electrons. The molecule has 3 rings (SSSR count). The van der Waals surface area contributed by atoms with Gasteiger partial charge in [0.15, 0.2) is 23.7 Å². The molecule has 0 fully saturated rings. The van der Waals surface area contributed by atoms with Crippen molar-refractivity contribution in [2.45, 2.75) is 12.7 Å². The van der Waals surface area contributed by atoms with E-state index in [1.807, 2.05) is 0 Å². The zero-order valence-electron chi connectivity index (χ0n) is 13.2. The first-order chi connectivity index (χ1) is 12.6. The molecule has 3 heterocycles. The molecule has 0 atom stereocenters. The van der Waals surface area contributed by atoms with Gasteiger partial charge in [0.05, 0.1) is 5.69 Å². The van der Waals surface area contributed by atoms with E-state index < -0.39 is 42.8 Å². The Morgan fingerprint density at radius 3 is 2.70 bits per heavy atom. The van der Waals surface area contributed by atoms with Crippen molar-refractivity contribution in [1.82, 2.24) is 14.5 Å². The van der Waals surface area contributed by atoms with Crippen LogP contribution >= 0.6 is 0 Å². The zero-order chi connectivity index (χ0) is 19.8. The van der Waals surface area contributed by atoms with Gasteiger partial charge in [0.1, 0.15) is 6.54 Å². The number of carbonyl (C=O) groups is 1. The van der Waals surface area contributed by atoms with Crippen molar-refractivity contribution in [2.75, 3.05) is 6.61 Å². The van der Waals surface area contributed by atoms with Crippen LogP contribution in [-0.4, -0.2) is 38.4 Å². The summed E-state index contributed by atoms with van der Waals surface area (Å²) < 4.78 is 60.2. The number of carboxylic acid groups (broad SMARTS) is 1. The van der Waals surface area contributed by atoms with Gasteiger partial charge in [0, 0.05) is 11.8 Å². The maximum absolute atomic E-state index is 13.9. The average Bonchev–Trinajstić information content (AvgIpc) is 2.87. The summed E-state index contributed by atoms with van der Waals surface area (Å²) in [5, 5.41) is 8.85. The van der Waals surface area contributed by atoms with Crippen LogP contribution in [0.4, 0.5) is 17.6 Å². The van der Waals surface area contributed by atoms with Crippen molar-refractivity contribution >= 4 is 17.2 Å². The fraction of sp³-hybridized carbons (Fsp3) is 0.200. The first kappa shape index (κ1) is 18.4. The summed E-state index contributed by atoms with van der Waals surface area (Å²) in [4.78, 5) is 30.1. The molecular weight excluding hydrogens is 378 g/mol. The molecule has 0 amide bonds. The van der Waals surface area contributed by atoms with Crippen molar-refractivity contribution in [2.24, 2.45) is 0 Å². The minimum Gasteiger partial charge on any atom is -0.480 e. The van der Waals surface area contributed by atoms with Gasteiger partial charge in [-0.05, 0) is 18.2 Å².